The number of benzene rings is 1. The zero-order valence-corrected chi connectivity index (χ0v) is 14.2. The van der Waals surface area contributed by atoms with E-state index in [1.54, 1.807) is 49.6 Å². The van der Waals surface area contributed by atoms with Crippen LogP contribution in [0.5, 0.6) is 5.75 Å². The van der Waals surface area contributed by atoms with Crippen LogP contribution in [0.15, 0.2) is 60.1 Å². The quantitative estimate of drug-likeness (QED) is 0.734. The Kier molecular flexibility index (Phi) is 5.06. The van der Waals surface area contributed by atoms with E-state index in [-0.39, 0.29) is 11.8 Å². The van der Waals surface area contributed by atoms with E-state index in [9.17, 15) is 9.59 Å². The van der Waals surface area contributed by atoms with Crippen molar-refractivity contribution < 1.29 is 14.3 Å². The lowest BCUT2D eigenvalue weighted by Crippen LogP contribution is -2.13. The average molecular weight is 353 g/mol. The van der Waals surface area contributed by atoms with Crippen molar-refractivity contribution in [3.8, 4) is 5.75 Å². The SMILES string of the molecule is COc1ccc(C(=O)Nc2ccc(NC(=O)c3cccs3)nc2)cc1. The summed E-state index contributed by atoms with van der Waals surface area (Å²) < 4.78 is 5.06. The van der Waals surface area contributed by atoms with Gasteiger partial charge in [0.05, 0.1) is 23.9 Å². The molecular weight excluding hydrogens is 338 g/mol. The van der Waals surface area contributed by atoms with Crippen LogP contribution in [-0.4, -0.2) is 23.9 Å². The van der Waals surface area contributed by atoms with Gasteiger partial charge >= 0.3 is 0 Å². The van der Waals surface area contributed by atoms with Crippen LogP contribution in [0.25, 0.3) is 0 Å². The number of nitrogens with one attached hydrogen (secondary N) is 2. The van der Waals surface area contributed by atoms with Crippen molar-refractivity contribution in [2.75, 3.05) is 17.7 Å². The summed E-state index contributed by atoms with van der Waals surface area (Å²) >= 11 is 1.36. The van der Waals surface area contributed by atoms with Crippen LogP contribution >= 0.6 is 11.3 Å². The van der Waals surface area contributed by atoms with Gasteiger partial charge in [0.2, 0.25) is 0 Å². The fraction of sp³-hybridized carbons (Fsp3) is 0.0556. The Morgan fingerprint density at radius 2 is 1.80 bits per heavy atom. The summed E-state index contributed by atoms with van der Waals surface area (Å²) in [5.74, 6) is 0.641. The molecule has 0 aliphatic carbocycles. The van der Waals surface area contributed by atoms with E-state index in [0.29, 0.717) is 27.7 Å². The van der Waals surface area contributed by atoms with E-state index in [0.717, 1.165) is 0 Å². The van der Waals surface area contributed by atoms with Gasteiger partial charge in [0.15, 0.2) is 0 Å². The minimum atomic E-state index is -0.250. The van der Waals surface area contributed by atoms with Crippen molar-refractivity contribution in [3.05, 3.63) is 70.5 Å². The first-order valence-electron chi connectivity index (χ1n) is 7.42. The zero-order chi connectivity index (χ0) is 17.6. The van der Waals surface area contributed by atoms with Crippen molar-refractivity contribution in [2.45, 2.75) is 0 Å². The molecule has 0 aliphatic rings. The number of aromatic nitrogens is 1. The number of thiophene rings is 1. The summed E-state index contributed by atoms with van der Waals surface area (Å²) in [5.41, 5.74) is 1.05. The van der Waals surface area contributed by atoms with Gasteiger partial charge in [0.25, 0.3) is 11.8 Å². The molecule has 7 heteroatoms. The Balaban J connectivity index is 1.61. The molecule has 0 saturated carbocycles. The third kappa shape index (κ3) is 4.21. The molecule has 2 heterocycles. The van der Waals surface area contributed by atoms with Crippen LogP contribution in [0.4, 0.5) is 11.5 Å². The van der Waals surface area contributed by atoms with Crippen LogP contribution < -0.4 is 15.4 Å². The molecule has 0 radical (unpaired) electrons. The molecule has 126 valence electrons. The molecule has 1 aromatic carbocycles. The van der Waals surface area contributed by atoms with Crippen LogP contribution in [0.2, 0.25) is 0 Å². The van der Waals surface area contributed by atoms with Gasteiger partial charge in [-0.1, -0.05) is 6.07 Å². The summed E-state index contributed by atoms with van der Waals surface area (Å²) in [6.45, 7) is 0. The number of methoxy groups -OCH3 is 1. The minimum Gasteiger partial charge on any atom is -0.497 e. The second-order valence-electron chi connectivity index (χ2n) is 5.05. The summed E-state index contributed by atoms with van der Waals surface area (Å²) in [4.78, 5) is 28.9. The van der Waals surface area contributed by atoms with Gasteiger partial charge in [0, 0.05) is 5.56 Å². The second-order valence-corrected chi connectivity index (χ2v) is 5.99. The van der Waals surface area contributed by atoms with Crippen LogP contribution in [0.1, 0.15) is 20.0 Å². The lowest BCUT2D eigenvalue weighted by atomic mass is 10.2. The Hall–Kier alpha value is -3.19. The average Bonchev–Trinajstić information content (AvgIpc) is 3.18. The molecule has 3 rings (SSSR count). The number of hydrogen-bond acceptors (Lipinski definition) is 5. The third-order valence-corrected chi connectivity index (χ3v) is 4.23. The molecule has 0 aliphatic heterocycles. The molecular formula is C18H15N3O3S. The first-order valence-corrected chi connectivity index (χ1v) is 8.30. The lowest BCUT2D eigenvalue weighted by Gasteiger charge is -2.07. The highest BCUT2D eigenvalue weighted by atomic mass is 32.1. The van der Waals surface area contributed by atoms with Crippen molar-refractivity contribution in [1.82, 2.24) is 4.98 Å². The fourth-order valence-electron chi connectivity index (χ4n) is 2.07. The highest BCUT2D eigenvalue weighted by Crippen LogP contribution is 2.16. The molecule has 3 aromatic rings. The molecule has 2 N–H and O–H groups in total. The van der Waals surface area contributed by atoms with Gasteiger partial charge in [-0.3, -0.25) is 9.59 Å². The number of hydrogen-bond donors (Lipinski definition) is 2. The first-order chi connectivity index (χ1) is 12.2. The van der Waals surface area contributed by atoms with Crippen molar-refractivity contribution >= 4 is 34.7 Å². The van der Waals surface area contributed by atoms with Gasteiger partial charge < -0.3 is 15.4 Å². The van der Waals surface area contributed by atoms with E-state index in [1.807, 2.05) is 11.4 Å². The maximum atomic E-state index is 12.2. The van der Waals surface area contributed by atoms with Gasteiger partial charge in [0.1, 0.15) is 11.6 Å². The predicted octanol–water partition coefficient (Wildman–Crippen LogP) is 3.66. The summed E-state index contributed by atoms with van der Waals surface area (Å²) in [6.07, 6.45) is 1.49. The molecule has 0 unspecified atom stereocenters. The fourth-order valence-corrected chi connectivity index (χ4v) is 2.69. The minimum absolute atomic E-state index is 0.211. The number of rotatable bonds is 5. The predicted molar refractivity (Wildman–Crippen MR) is 97.5 cm³/mol. The Morgan fingerprint density at radius 1 is 1.00 bits per heavy atom. The first kappa shape index (κ1) is 16.7. The molecule has 2 aromatic heterocycles. The van der Waals surface area contributed by atoms with Crippen molar-refractivity contribution in [2.24, 2.45) is 0 Å². The Morgan fingerprint density at radius 3 is 2.40 bits per heavy atom. The van der Waals surface area contributed by atoms with E-state index in [1.165, 1.54) is 17.5 Å². The summed E-state index contributed by atoms with van der Waals surface area (Å²) in [7, 11) is 1.57. The molecule has 25 heavy (non-hydrogen) atoms. The number of anilines is 2. The third-order valence-electron chi connectivity index (χ3n) is 3.36. The van der Waals surface area contributed by atoms with Crippen molar-refractivity contribution in [3.63, 3.8) is 0 Å². The van der Waals surface area contributed by atoms with Gasteiger partial charge in [-0.15, -0.1) is 11.3 Å². The lowest BCUT2D eigenvalue weighted by molar-refractivity contribution is 0.101. The Labute approximate surface area is 148 Å². The standard InChI is InChI=1S/C18H15N3O3S/c1-24-14-7-4-12(5-8-14)17(22)20-13-6-9-16(19-11-13)21-18(23)15-3-2-10-25-15/h2-11H,1H3,(H,20,22)(H,19,21,23). The molecule has 0 saturated heterocycles. The molecule has 2 amide bonds. The number of nitrogens with zero attached hydrogens (tertiary/aromatic N) is 1. The maximum Gasteiger partial charge on any atom is 0.266 e. The van der Waals surface area contributed by atoms with Crippen LogP contribution in [0.3, 0.4) is 0 Å². The number of amides is 2. The topological polar surface area (TPSA) is 80.3 Å². The highest BCUT2D eigenvalue weighted by Gasteiger charge is 2.09. The Bertz CT molecular complexity index is 860. The molecule has 0 spiro atoms. The van der Waals surface area contributed by atoms with Gasteiger partial charge in [-0.05, 0) is 47.8 Å². The molecule has 6 nitrogen and oxygen atoms in total. The van der Waals surface area contributed by atoms with E-state index >= 15 is 0 Å². The molecule has 0 fully saturated rings. The zero-order valence-electron chi connectivity index (χ0n) is 13.4. The number of carbonyl (C=O) groups excluding carboxylic acids is 2. The number of pyridine rings is 1. The summed E-state index contributed by atoms with van der Waals surface area (Å²) in [6, 6.07) is 13.7. The summed E-state index contributed by atoms with van der Waals surface area (Å²) in [5, 5.41) is 7.29. The van der Waals surface area contributed by atoms with E-state index in [4.69, 9.17) is 4.74 Å². The van der Waals surface area contributed by atoms with Crippen molar-refractivity contribution in [1.29, 1.82) is 0 Å². The van der Waals surface area contributed by atoms with Crippen LogP contribution in [-0.2, 0) is 0 Å². The maximum absolute atomic E-state index is 12.2. The van der Waals surface area contributed by atoms with E-state index in [2.05, 4.69) is 15.6 Å². The number of ether oxygens (including phenoxy) is 1. The van der Waals surface area contributed by atoms with E-state index < -0.39 is 0 Å². The highest BCUT2D eigenvalue weighted by molar-refractivity contribution is 7.12. The smallest absolute Gasteiger partial charge is 0.266 e. The molecule has 0 atom stereocenters. The monoisotopic (exact) mass is 353 g/mol. The van der Waals surface area contributed by atoms with Crippen LogP contribution in [0, 0.1) is 0 Å². The second kappa shape index (κ2) is 7.59. The molecule has 0 bridgehead atoms. The number of carbonyl (C=O) groups is 2. The normalized spacial score (nSPS) is 10.1. The largest absolute Gasteiger partial charge is 0.497 e. The van der Waals surface area contributed by atoms with Gasteiger partial charge in [-0.25, -0.2) is 4.98 Å². The van der Waals surface area contributed by atoms with Gasteiger partial charge in [-0.2, -0.15) is 0 Å².